The van der Waals surface area contributed by atoms with E-state index in [4.69, 9.17) is 9.47 Å². The first kappa shape index (κ1) is 48.7. The van der Waals surface area contributed by atoms with E-state index in [0.717, 1.165) is 36.7 Å². The van der Waals surface area contributed by atoms with E-state index in [1.807, 2.05) is 0 Å². The molecular weight excluding hydrogens is 788 g/mol. The van der Waals surface area contributed by atoms with Gasteiger partial charge in [-0.3, -0.25) is 49.2 Å². The summed E-state index contributed by atoms with van der Waals surface area (Å²) in [4.78, 5) is 97.6. The number of ether oxygens (including phenoxy) is 2. The molecule has 0 aromatic carbocycles. The minimum absolute atomic E-state index is 0.0253. The van der Waals surface area contributed by atoms with E-state index in [-0.39, 0.29) is 48.4 Å². The highest BCUT2D eigenvalue weighted by atomic mass is 16.6. The summed E-state index contributed by atoms with van der Waals surface area (Å²) in [6.45, 7) is 14.1. The third-order valence-electron chi connectivity index (χ3n) is 12.5. The second-order valence-corrected chi connectivity index (χ2v) is 17.3. The summed E-state index contributed by atoms with van der Waals surface area (Å²) in [5.74, 6) is -10.4. The van der Waals surface area contributed by atoms with Gasteiger partial charge in [-0.2, -0.15) is 0 Å². The maximum absolute atomic E-state index is 14.8. The van der Waals surface area contributed by atoms with E-state index in [2.05, 4.69) is 35.3 Å². The molecule has 340 valence electrons. The van der Waals surface area contributed by atoms with Crippen molar-refractivity contribution in [2.45, 2.75) is 174 Å². The molecule has 0 aromatic rings. The zero-order valence-corrected chi connectivity index (χ0v) is 36.2. The number of esters is 1. The monoisotopic (exact) mass is 854 g/mol. The molecule has 21 heteroatoms. The Balaban J connectivity index is 1.77. The fourth-order valence-electron chi connectivity index (χ4n) is 8.05. The minimum Gasteiger partial charge on any atom is -0.458 e. The number of fused-ring (bicyclic) bond motifs is 2. The van der Waals surface area contributed by atoms with Crippen molar-refractivity contribution in [2.75, 3.05) is 13.1 Å². The van der Waals surface area contributed by atoms with E-state index >= 15 is 0 Å². The molecule has 4 rings (SSSR count). The lowest BCUT2D eigenvalue weighted by Crippen LogP contribution is -2.70. The number of hydrogen-bond donors (Lipinski definition) is 8. The van der Waals surface area contributed by atoms with Crippen LogP contribution in [0.4, 0.5) is 0 Å². The topological polar surface area (TPSA) is 280 Å². The highest BCUT2D eigenvalue weighted by molar-refractivity contribution is 5.97. The second kappa shape index (κ2) is 19.8. The average molecular weight is 855 g/mol. The van der Waals surface area contributed by atoms with Gasteiger partial charge in [0.05, 0.1) is 6.10 Å². The molecule has 4 saturated heterocycles. The molecular formula is C39H66N8O13. The molecule has 0 radical (unpaired) electrons. The fraction of sp³-hybridized carbons (Fsp3) is 0.821. The van der Waals surface area contributed by atoms with Gasteiger partial charge >= 0.3 is 5.97 Å². The number of aliphatic hydroxyl groups is 2. The van der Waals surface area contributed by atoms with Crippen LogP contribution >= 0.6 is 0 Å². The molecule has 60 heavy (non-hydrogen) atoms. The third kappa shape index (κ3) is 10.2. The minimum atomic E-state index is -2.70. The normalized spacial score (nSPS) is 35.0. The summed E-state index contributed by atoms with van der Waals surface area (Å²) in [5.41, 5.74) is 2.89. The molecule has 0 bridgehead atoms. The molecule has 4 heterocycles. The van der Waals surface area contributed by atoms with Crippen LogP contribution in [0.1, 0.15) is 114 Å². The highest BCUT2D eigenvalue weighted by Gasteiger charge is 2.57. The molecule has 0 aliphatic carbocycles. The van der Waals surface area contributed by atoms with E-state index in [1.54, 1.807) is 20.8 Å². The van der Waals surface area contributed by atoms with Crippen molar-refractivity contribution in [1.29, 1.82) is 0 Å². The molecule has 6 amide bonds. The Kier molecular flexibility index (Phi) is 16.1. The lowest BCUT2D eigenvalue weighted by Gasteiger charge is -2.47. The quantitative estimate of drug-likeness (QED) is 0.118. The molecule has 8 N–H and O–H groups in total. The summed E-state index contributed by atoms with van der Waals surface area (Å²) in [6, 6.07) is -9.41. The third-order valence-corrected chi connectivity index (χ3v) is 12.5. The van der Waals surface area contributed by atoms with Crippen LogP contribution < -0.4 is 21.5 Å². The number of cyclic esters (lactones) is 1. The smallest absolute Gasteiger partial charge is 0.331 e. The molecule has 4 aliphatic rings. The van der Waals surface area contributed by atoms with Crippen LogP contribution in [-0.2, 0) is 43.0 Å². The number of amides is 6. The van der Waals surface area contributed by atoms with Crippen molar-refractivity contribution >= 4 is 41.4 Å². The maximum Gasteiger partial charge on any atom is 0.331 e. The van der Waals surface area contributed by atoms with Gasteiger partial charge in [-0.15, -0.1) is 0 Å². The predicted molar refractivity (Wildman–Crippen MR) is 209 cm³/mol. The van der Waals surface area contributed by atoms with Gasteiger partial charge < -0.3 is 30.3 Å². The van der Waals surface area contributed by atoms with Gasteiger partial charge in [0.1, 0.15) is 36.3 Å². The Labute approximate surface area is 350 Å². The maximum atomic E-state index is 14.8. The number of hydroxylamine groups is 4. The molecule has 0 saturated carbocycles. The van der Waals surface area contributed by atoms with Crippen LogP contribution in [0, 0.1) is 17.8 Å². The van der Waals surface area contributed by atoms with Gasteiger partial charge in [-0.1, -0.05) is 34.1 Å². The largest absolute Gasteiger partial charge is 0.458 e. The number of carbonyl (C=O) groups excluding carboxylic acids is 7. The van der Waals surface area contributed by atoms with Crippen LogP contribution in [0.2, 0.25) is 0 Å². The van der Waals surface area contributed by atoms with Crippen LogP contribution in [0.15, 0.2) is 0 Å². The van der Waals surface area contributed by atoms with Crippen molar-refractivity contribution in [2.24, 2.45) is 17.8 Å². The second-order valence-electron chi connectivity index (χ2n) is 17.3. The summed E-state index contributed by atoms with van der Waals surface area (Å²) < 4.78 is 11.8. The van der Waals surface area contributed by atoms with Gasteiger partial charge in [-0.25, -0.2) is 25.8 Å². The lowest BCUT2D eigenvalue weighted by molar-refractivity contribution is -0.326. The zero-order chi connectivity index (χ0) is 45.0. The standard InChI is InChI=1S/C39H66N8O13/c1-10-21(4)19-26-15-16-39(56,60-25(26)8)38(9,55)37(54)43-29-30(20(2)3)59-36(53)24(7)47(58)34(51)27-13-11-17-40-44(27)32(49)22(5)42-31(48)23(6)46(57)33(50)28-14-12-18-41-45(28)35(29)52/h20-30,40-41,55-58H,10-19H2,1-9H3,(H,42,48)(H,43,54)/t21-,22+,23-,24+,25+,26+,27-,28+,29-,30-,38+,39+/m0/s1. The Morgan fingerprint density at radius 2 is 1.40 bits per heavy atom. The van der Waals surface area contributed by atoms with Crippen molar-refractivity contribution in [3.63, 3.8) is 0 Å². The lowest BCUT2D eigenvalue weighted by atomic mass is 9.79. The predicted octanol–water partition coefficient (Wildman–Crippen LogP) is -0.548. The van der Waals surface area contributed by atoms with Crippen LogP contribution in [0.25, 0.3) is 0 Å². The number of nitrogens with one attached hydrogen (secondary N) is 4. The number of hydrogen-bond acceptors (Lipinski definition) is 15. The Hall–Kier alpha value is -3.99. The fourth-order valence-corrected chi connectivity index (χ4v) is 8.05. The van der Waals surface area contributed by atoms with Crippen molar-refractivity contribution in [3.8, 4) is 0 Å². The van der Waals surface area contributed by atoms with E-state index in [1.165, 1.54) is 13.8 Å². The van der Waals surface area contributed by atoms with Crippen LogP contribution in [0.3, 0.4) is 0 Å². The number of nitrogens with zero attached hydrogens (tertiary/aromatic N) is 4. The van der Waals surface area contributed by atoms with Gasteiger partial charge in [-0.05, 0) is 90.9 Å². The molecule has 4 aliphatic heterocycles. The zero-order valence-electron chi connectivity index (χ0n) is 36.2. The van der Waals surface area contributed by atoms with Gasteiger partial charge in [0.2, 0.25) is 11.7 Å². The summed E-state index contributed by atoms with van der Waals surface area (Å²) in [7, 11) is 0. The SMILES string of the molecule is CC[C@H](C)C[C@H]1CC[C@](O)([C@](C)(O)C(=O)N[C@@H]2C(=O)N3NCCC[C@@H]3C(=O)N(O)[C@@H](C)C(=O)N[C@H](C)C(=O)N3NCCC[C@H]3C(=O)N(O)[C@H](C)C(=O)O[C@H]2C(C)C)O[C@@H]1C. The molecule has 12 atom stereocenters. The van der Waals surface area contributed by atoms with Gasteiger partial charge in [0.15, 0.2) is 11.6 Å². The van der Waals surface area contributed by atoms with E-state index in [9.17, 15) is 54.2 Å². The highest BCUT2D eigenvalue weighted by Crippen LogP contribution is 2.40. The first-order valence-corrected chi connectivity index (χ1v) is 21.1. The molecule has 21 nitrogen and oxygen atoms in total. The van der Waals surface area contributed by atoms with Crippen LogP contribution in [0.5, 0.6) is 0 Å². The van der Waals surface area contributed by atoms with Crippen molar-refractivity contribution < 1.29 is 63.7 Å². The van der Waals surface area contributed by atoms with E-state index < -0.39 is 107 Å². The first-order valence-electron chi connectivity index (χ1n) is 21.1. The average Bonchev–Trinajstić information content (AvgIpc) is 3.22. The Morgan fingerprint density at radius 1 is 0.867 bits per heavy atom. The van der Waals surface area contributed by atoms with Crippen molar-refractivity contribution in [3.05, 3.63) is 0 Å². The van der Waals surface area contributed by atoms with Gasteiger partial charge in [0, 0.05) is 19.5 Å². The van der Waals surface area contributed by atoms with Crippen LogP contribution in [-0.4, -0.2) is 155 Å². The van der Waals surface area contributed by atoms with Gasteiger partial charge in [0.25, 0.3) is 29.5 Å². The molecule has 4 fully saturated rings. The number of hydrazine groups is 2. The van der Waals surface area contributed by atoms with Crippen molar-refractivity contribution in [1.82, 2.24) is 41.6 Å². The molecule has 0 spiro atoms. The Morgan fingerprint density at radius 3 is 1.92 bits per heavy atom. The van der Waals surface area contributed by atoms with E-state index in [0.29, 0.717) is 25.2 Å². The summed E-state index contributed by atoms with van der Waals surface area (Å²) in [5, 5.41) is 52.7. The molecule has 0 aromatic heterocycles. The first-order chi connectivity index (χ1) is 28.0. The molecule has 0 unspecified atom stereocenters. The number of carbonyl (C=O) groups is 7. The summed E-state index contributed by atoms with van der Waals surface area (Å²) >= 11 is 0. The Bertz CT molecular complexity index is 1620. The summed E-state index contributed by atoms with van der Waals surface area (Å²) in [6.07, 6.45) is 0.522. The number of rotatable bonds is 7.